The number of amides is 1. The second-order valence-electron chi connectivity index (χ2n) is 9.11. The highest BCUT2D eigenvalue weighted by Gasteiger charge is 2.29. The number of carbonyl (C=O) groups is 1. The average molecular weight is 610 g/mol. The first-order valence-electron chi connectivity index (χ1n) is 12.9. The molecule has 0 unspecified atom stereocenters. The van der Waals surface area contributed by atoms with Gasteiger partial charge in [0.2, 0.25) is 5.91 Å². The normalized spacial score (nSPS) is 11.4. The molecule has 1 amide bonds. The average Bonchev–Trinajstić information content (AvgIpc) is 2.97. The second kappa shape index (κ2) is 13.0. The Morgan fingerprint density at radius 1 is 0.810 bits per heavy atom. The Morgan fingerprint density at radius 2 is 1.48 bits per heavy atom. The van der Waals surface area contributed by atoms with E-state index in [-0.39, 0.29) is 21.2 Å². The third-order valence-electron chi connectivity index (χ3n) is 6.10. The van der Waals surface area contributed by atoms with E-state index < -0.39 is 32.5 Å². The van der Waals surface area contributed by atoms with E-state index >= 15 is 0 Å². The number of aryl methyl sites for hydroxylation is 1. The number of ether oxygens (including phenoxy) is 2. The number of carbonyl (C=O) groups excluding carboxylic acids is 1. The Balaban J connectivity index is 1.56. The van der Waals surface area contributed by atoms with Crippen LogP contribution in [0.4, 0.5) is 17.1 Å². The van der Waals surface area contributed by atoms with E-state index in [2.05, 4.69) is 10.0 Å². The standard InChI is InChI=1S/C30H31N3O7S2/c1-4-40-29-13-9-8-12-27(29)33(42(37,38)25-10-6-5-7-11-25)21-30(34)31-23-15-17-24(18-16-23)41(35,36)32-26-20-22(2)14-19-28(26)39-3/h5-20,32H,4,21H2,1-3H3,(H,31,34). The lowest BCUT2D eigenvalue weighted by Crippen LogP contribution is -2.38. The fraction of sp³-hybridized carbons (Fsp3) is 0.167. The van der Waals surface area contributed by atoms with Crippen LogP contribution in [0.3, 0.4) is 0 Å². The van der Waals surface area contributed by atoms with Crippen molar-refractivity contribution in [2.75, 3.05) is 34.6 Å². The van der Waals surface area contributed by atoms with Gasteiger partial charge in [-0.3, -0.25) is 13.8 Å². The van der Waals surface area contributed by atoms with Gasteiger partial charge in [-0.25, -0.2) is 16.8 Å². The van der Waals surface area contributed by atoms with E-state index in [9.17, 15) is 21.6 Å². The molecule has 4 rings (SSSR count). The molecule has 0 aromatic heterocycles. The molecule has 0 spiro atoms. The van der Waals surface area contributed by atoms with E-state index in [1.54, 1.807) is 67.6 Å². The van der Waals surface area contributed by atoms with Crippen molar-refractivity contribution in [2.24, 2.45) is 0 Å². The fourth-order valence-corrected chi connectivity index (χ4v) is 6.63. The van der Waals surface area contributed by atoms with Crippen LogP contribution in [0.1, 0.15) is 12.5 Å². The molecule has 42 heavy (non-hydrogen) atoms. The molecule has 0 aliphatic heterocycles. The summed E-state index contributed by atoms with van der Waals surface area (Å²) in [6.45, 7) is 3.34. The highest BCUT2D eigenvalue weighted by molar-refractivity contribution is 7.93. The van der Waals surface area contributed by atoms with Crippen LogP contribution in [0.15, 0.2) is 107 Å². The Bertz CT molecular complexity index is 1760. The van der Waals surface area contributed by atoms with Crippen LogP contribution in [-0.4, -0.2) is 43.0 Å². The minimum Gasteiger partial charge on any atom is -0.495 e. The monoisotopic (exact) mass is 609 g/mol. The summed E-state index contributed by atoms with van der Waals surface area (Å²) in [5.74, 6) is 0.0348. The molecule has 0 fully saturated rings. The number of nitrogens with one attached hydrogen (secondary N) is 2. The van der Waals surface area contributed by atoms with E-state index in [0.717, 1.165) is 9.87 Å². The summed E-state index contributed by atoms with van der Waals surface area (Å²) in [7, 11) is -6.67. The van der Waals surface area contributed by atoms with Crippen molar-refractivity contribution >= 4 is 43.0 Å². The molecule has 2 N–H and O–H groups in total. The van der Waals surface area contributed by atoms with E-state index in [4.69, 9.17) is 9.47 Å². The van der Waals surface area contributed by atoms with Crippen molar-refractivity contribution in [3.8, 4) is 11.5 Å². The molecular formula is C30H31N3O7S2. The zero-order valence-electron chi connectivity index (χ0n) is 23.3. The minimum atomic E-state index is -4.15. The molecule has 0 saturated heterocycles. The second-order valence-corrected chi connectivity index (χ2v) is 12.7. The zero-order valence-corrected chi connectivity index (χ0v) is 24.9. The molecule has 0 atom stereocenters. The summed E-state index contributed by atoms with van der Waals surface area (Å²) >= 11 is 0. The minimum absolute atomic E-state index is 0.0106. The molecule has 4 aromatic rings. The molecule has 0 aliphatic carbocycles. The summed E-state index contributed by atoms with van der Waals surface area (Å²) in [4.78, 5) is 13.1. The van der Waals surface area contributed by atoms with Crippen LogP contribution in [0, 0.1) is 6.92 Å². The Labute approximate surface area is 246 Å². The highest BCUT2D eigenvalue weighted by Crippen LogP contribution is 2.33. The summed E-state index contributed by atoms with van der Waals surface area (Å²) in [6.07, 6.45) is 0. The number of anilines is 3. The lowest BCUT2D eigenvalue weighted by molar-refractivity contribution is -0.114. The largest absolute Gasteiger partial charge is 0.495 e. The van der Waals surface area contributed by atoms with Crippen LogP contribution in [-0.2, 0) is 24.8 Å². The first kappa shape index (κ1) is 30.4. The van der Waals surface area contributed by atoms with Gasteiger partial charge in [-0.15, -0.1) is 0 Å². The van der Waals surface area contributed by atoms with Gasteiger partial charge in [-0.1, -0.05) is 36.4 Å². The maximum Gasteiger partial charge on any atom is 0.264 e. The van der Waals surface area contributed by atoms with Crippen molar-refractivity contribution in [1.82, 2.24) is 0 Å². The first-order valence-corrected chi connectivity index (χ1v) is 15.8. The molecule has 10 nitrogen and oxygen atoms in total. The topological polar surface area (TPSA) is 131 Å². The van der Waals surface area contributed by atoms with Gasteiger partial charge in [0.05, 0.1) is 34.9 Å². The molecule has 4 aromatic carbocycles. The zero-order chi connectivity index (χ0) is 30.3. The van der Waals surface area contributed by atoms with Crippen LogP contribution >= 0.6 is 0 Å². The maximum absolute atomic E-state index is 13.7. The van der Waals surface area contributed by atoms with Crippen molar-refractivity contribution in [2.45, 2.75) is 23.6 Å². The van der Waals surface area contributed by atoms with E-state index in [0.29, 0.717) is 23.8 Å². The van der Waals surface area contributed by atoms with Crippen LogP contribution < -0.4 is 23.8 Å². The van der Waals surface area contributed by atoms with Crippen molar-refractivity contribution in [3.05, 3.63) is 103 Å². The molecule has 12 heteroatoms. The molecular weight excluding hydrogens is 578 g/mol. The number of nitrogens with zero attached hydrogens (tertiary/aromatic N) is 1. The summed E-state index contributed by atoms with van der Waals surface area (Å²) in [5.41, 5.74) is 1.63. The fourth-order valence-electron chi connectivity index (χ4n) is 4.11. The number of rotatable bonds is 12. The van der Waals surface area contributed by atoms with Crippen LogP contribution in [0.25, 0.3) is 0 Å². The van der Waals surface area contributed by atoms with Gasteiger partial charge in [-0.2, -0.15) is 0 Å². The molecule has 0 heterocycles. The van der Waals surface area contributed by atoms with Gasteiger partial charge in [-0.05, 0) is 80.1 Å². The molecule has 0 saturated carbocycles. The molecule has 0 aliphatic rings. The van der Waals surface area contributed by atoms with Crippen LogP contribution in [0.5, 0.6) is 11.5 Å². The van der Waals surface area contributed by atoms with Gasteiger partial charge in [0, 0.05) is 5.69 Å². The summed E-state index contributed by atoms with van der Waals surface area (Å²) in [5, 5.41) is 2.65. The summed E-state index contributed by atoms with van der Waals surface area (Å²) in [6, 6.07) is 25.0. The van der Waals surface area contributed by atoms with Gasteiger partial charge >= 0.3 is 0 Å². The smallest absolute Gasteiger partial charge is 0.264 e. The third-order valence-corrected chi connectivity index (χ3v) is 9.26. The van der Waals surface area contributed by atoms with Crippen LogP contribution in [0.2, 0.25) is 0 Å². The predicted octanol–water partition coefficient (Wildman–Crippen LogP) is 5.04. The maximum atomic E-state index is 13.7. The predicted molar refractivity (Wildman–Crippen MR) is 162 cm³/mol. The Morgan fingerprint density at radius 3 is 2.14 bits per heavy atom. The lowest BCUT2D eigenvalue weighted by atomic mass is 10.2. The Hall–Kier alpha value is -4.55. The SMILES string of the molecule is CCOc1ccccc1N(CC(=O)Nc1ccc(S(=O)(=O)Nc2cc(C)ccc2OC)cc1)S(=O)(=O)c1ccccc1. The molecule has 220 valence electrons. The van der Waals surface area contributed by atoms with Gasteiger partial charge in [0.25, 0.3) is 20.0 Å². The lowest BCUT2D eigenvalue weighted by Gasteiger charge is -2.26. The van der Waals surface area contributed by atoms with E-state index in [1.165, 1.54) is 43.5 Å². The number of para-hydroxylation sites is 2. The number of hydrogen-bond donors (Lipinski definition) is 2. The van der Waals surface area contributed by atoms with Gasteiger partial charge in [0.1, 0.15) is 18.0 Å². The van der Waals surface area contributed by atoms with Gasteiger partial charge < -0.3 is 14.8 Å². The van der Waals surface area contributed by atoms with Gasteiger partial charge in [0.15, 0.2) is 0 Å². The molecule has 0 bridgehead atoms. The Kier molecular flexibility index (Phi) is 9.38. The first-order chi connectivity index (χ1) is 20.0. The molecule has 0 radical (unpaired) electrons. The third kappa shape index (κ3) is 7.01. The summed E-state index contributed by atoms with van der Waals surface area (Å²) < 4.78 is 67.7. The number of hydrogen-bond acceptors (Lipinski definition) is 7. The van der Waals surface area contributed by atoms with Crippen molar-refractivity contribution in [3.63, 3.8) is 0 Å². The number of methoxy groups -OCH3 is 1. The highest BCUT2D eigenvalue weighted by atomic mass is 32.2. The number of benzene rings is 4. The quantitative estimate of drug-likeness (QED) is 0.230. The van der Waals surface area contributed by atoms with Crippen molar-refractivity contribution < 1.29 is 31.1 Å². The van der Waals surface area contributed by atoms with E-state index in [1.807, 2.05) is 6.92 Å². The van der Waals surface area contributed by atoms with Crippen molar-refractivity contribution in [1.29, 1.82) is 0 Å². The number of sulfonamides is 2.